The number of rotatable bonds is 3. The van der Waals surface area contributed by atoms with Gasteiger partial charge in [0, 0.05) is 30.9 Å². The van der Waals surface area contributed by atoms with Crippen LogP contribution in [-0.2, 0) is 6.42 Å². The van der Waals surface area contributed by atoms with Crippen LogP contribution in [0.5, 0.6) is 0 Å². The molecule has 0 saturated carbocycles. The molecule has 0 bridgehead atoms. The highest BCUT2D eigenvalue weighted by molar-refractivity contribution is 6.29. The number of hydrogen-bond donors (Lipinski definition) is 2. The molecule has 3 N–H and O–H groups in total. The second-order valence-electron chi connectivity index (χ2n) is 8.18. The number of aromatic nitrogens is 3. The van der Waals surface area contributed by atoms with Crippen LogP contribution < -0.4 is 10.6 Å². The summed E-state index contributed by atoms with van der Waals surface area (Å²) in [5, 5.41) is 7.53. The highest BCUT2D eigenvalue weighted by Crippen LogP contribution is 2.51. The van der Waals surface area contributed by atoms with Gasteiger partial charge in [0.1, 0.15) is 11.0 Å². The monoisotopic (exact) mass is 405 g/mol. The fourth-order valence-corrected chi connectivity index (χ4v) is 5.09. The Morgan fingerprint density at radius 3 is 2.72 bits per heavy atom. The Morgan fingerprint density at radius 1 is 1.21 bits per heavy atom. The molecule has 2 aliphatic rings. The first-order valence-corrected chi connectivity index (χ1v) is 10.4. The molecule has 1 aliphatic carbocycles. The van der Waals surface area contributed by atoms with Crippen molar-refractivity contribution in [2.24, 2.45) is 11.1 Å². The summed E-state index contributed by atoms with van der Waals surface area (Å²) in [4.78, 5) is 6.90. The van der Waals surface area contributed by atoms with Gasteiger partial charge in [0.15, 0.2) is 0 Å². The lowest BCUT2D eigenvalue weighted by molar-refractivity contribution is 0.187. The standard InChI is InChI=1S/C23H24ClN5/c1-15(19-6-9-26-28-19)17-12-20(24)27-21(13-17)29-10-7-23(8-11-29)14-16-4-2-3-5-18(16)22(23)25/h2-6,9,12-13,22H,1,7-8,10-11,14,25H2,(H,26,28)/t22-/m1/s1. The predicted molar refractivity (Wildman–Crippen MR) is 117 cm³/mol. The van der Waals surface area contributed by atoms with E-state index in [0.29, 0.717) is 5.15 Å². The van der Waals surface area contributed by atoms with Crippen molar-refractivity contribution in [1.82, 2.24) is 15.2 Å². The minimum atomic E-state index is 0.114. The van der Waals surface area contributed by atoms with E-state index in [-0.39, 0.29) is 11.5 Å². The number of aromatic amines is 1. The number of piperidine rings is 1. The van der Waals surface area contributed by atoms with Crippen LogP contribution in [0.25, 0.3) is 5.57 Å². The average molecular weight is 406 g/mol. The molecule has 1 aromatic carbocycles. The van der Waals surface area contributed by atoms with Crippen LogP contribution in [0.2, 0.25) is 5.15 Å². The Bertz CT molecular complexity index is 1050. The number of anilines is 1. The summed E-state index contributed by atoms with van der Waals surface area (Å²) in [5.41, 5.74) is 12.2. The molecule has 1 atom stereocenters. The van der Waals surface area contributed by atoms with Gasteiger partial charge in [-0.2, -0.15) is 5.10 Å². The first-order chi connectivity index (χ1) is 14.1. The number of nitrogens with two attached hydrogens (primary N) is 1. The highest BCUT2D eigenvalue weighted by Gasteiger charge is 2.45. The number of pyridine rings is 1. The fourth-order valence-electron chi connectivity index (χ4n) is 4.88. The maximum Gasteiger partial charge on any atom is 0.132 e. The third kappa shape index (κ3) is 3.15. The van der Waals surface area contributed by atoms with E-state index in [1.54, 1.807) is 6.20 Å². The number of H-pyrrole nitrogens is 1. The number of nitrogens with one attached hydrogen (secondary N) is 1. The first-order valence-electron chi connectivity index (χ1n) is 10.0. The maximum absolute atomic E-state index is 6.71. The fraction of sp³-hybridized carbons (Fsp3) is 0.304. The SMILES string of the molecule is C=C(c1cc(Cl)nc(N2CCC3(CC2)Cc2ccccc2[C@H]3N)c1)c1cc[nH]n1. The third-order valence-electron chi connectivity index (χ3n) is 6.61. The van der Waals surface area contributed by atoms with Crippen molar-refractivity contribution in [1.29, 1.82) is 0 Å². The molecule has 1 fully saturated rings. The first kappa shape index (κ1) is 18.4. The van der Waals surface area contributed by atoms with E-state index in [1.165, 1.54) is 11.1 Å². The molecule has 0 radical (unpaired) electrons. The Morgan fingerprint density at radius 2 is 2.00 bits per heavy atom. The molecule has 0 amide bonds. The van der Waals surface area contributed by atoms with Gasteiger partial charge in [-0.1, -0.05) is 42.4 Å². The van der Waals surface area contributed by atoms with Crippen LogP contribution in [0.3, 0.4) is 0 Å². The van der Waals surface area contributed by atoms with E-state index in [9.17, 15) is 0 Å². The lowest BCUT2D eigenvalue weighted by atomic mass is 9.73. The highest BCUT2D eigenvalue weighted by atomic mass is 35.5. The average Bonchev–Trinajstić information content (AvgIpc) is 3.36. The summed E-state index contributed by atoms with van der Waals surface area (Å²) in [6.45, 7) is 6.02. The summed E-state index contributed by atoms with van der Waals surface area (Å²) in [6.07, 6.45) is 4.96. The van der Waals surface area contributed by atoms with Crippen molar-refractivity contribution in [3.05, 3.63) is 82.8 Å². The van der Waals surface area contributed by atoms with E-state index in [0.717, 1.165) is 55.0 Å². The third-order valence-corrected chi connectivity index (χ3v) is 6.81. The van der Waals surface area contributed by atoms with Crippen LogP contribution in [0.4, 0.5) is 5.82 Å². The van der Waals surface area contributed by atoms with Gasteiger partial charge in [0.2, 0.25) is 0 Å². The topological polar surface area (TPSA) is 70.8 Å². The second-order valence-corrected chi connectivity index (χ2v) is 8.56. The summed E-state index contributed by atoms with van der Waals surface area (Å²) in [5.74, 6) is 0.892. The van der Waals surface area contributed by atoms with Gasteiger partial charge >= 0.3 is 0 Å². The Hall–Kier alpha value is -2.63. The molecular formula is C23H24ClN5. The molecule has 5 rings (SSSR count). The molecule has 3 aromatic rings. The van der Waals surface area contributed by atoms with Crippen LogP contribution in [0, 0.1) is 5.41 Å². The largest absolute Gasteiger partial charge is 0.357 e. The van der Waals surface area contributed by atoms with Crippen LogP contribution in [0.1, 0.15) is 41.3 Å². The van der Waals surface area contributed by atoms with Crippen LogP contribution in [0.15, 0.2) is 55.2 Å². The van der Waals surface area contributed by atoms with E-state index < -0.39 is 0 Å². The van der Waals surface area contributed by atoms with Crippen LogP contribution in [-0.4, -0.2) is 28.3 Å². The molecule has 148 valence electrons. The van der Waals surface area contributed by atoms with Crippen molar-refractivity contribution >= 4 is 23.0 Å². The van der Waals surface area contributed by atoms with Crippen molar-refractivity contribution in [3.63, 3.8) is 0 Å². The van der Waals surface area contributed by atoms with Gasteiger partial charge in [-0.05, 0) is 59.6 Å². The molecule has 5 nitrogen and oxygen atoms in total. The van der Waals surface area contributed by atoms with E-state index >= 15 is 0 Å². The van der Waals surface area contributed by atoms with Gasteiger partial charge in [-0.25, -0.2) is 4.98 Å². The van der Waals surface area contributed by atoms with E-state index in [1.807, 2.05) is 12.1 Å². The molecule has 29 heavy (non-hydrogen) atoms. The Labute approximate surface area is 175 Å². The second kappa shape index (κ2) is 7.01. The molecule has 3 heterocycles. The van der Waals surface area contributed by atoms with Gasteiger partial charge in [-0.15, -0.1) is 0 Å². The number of benzene rings is 1. The van der Waals surface area contributed by atoms with Gasteiger partial charge in [0.25, 0.3) is 0 Å². The molecule has 1 aliphatic heterocycles. The quantitative estimate of drug-likeness (QED) is 0.635. The zero-order valence-corrected chi connectivity index (χ0v) is 17.0. The minimum absolute atomic E-state index is 0.114. The summed E-state index contributed by atoms with van der Waals surface area (Å²) >= 11 is 6.35. The Balaban J connectivity index is 1.36. The lowest BCUT2D eigenvalue weighted by Crippen LogP contribution is -2.44. The number of halogens is 1. The number of nitrogens with zero attached hydrogens (tertiary/aromatic N) is 3. The lowest BCUT2D eigenvalue weighted by Gasteiger charge is -2.42. The van der Waals surface area contributed by atoms with Gasteiger partial charge in [0.05, 0.1) is 5.69 Å². The van der Waals surface area contributed by atoms with Crippen molar-refractivity contribution < 1.29 is 0 Å². The minimum Gasteiger partial charge on any atom is -0.357 e. The molecule has 6 heteroatoms. The van der Waals surface area contributed by atoms with Crippen molar-refractivity contribution in [2.45, 2.75) is 25.3 Å². The van der Waals surface area contributed by atoms with Crippen LogP contribution >= 0.6 is 11.6 Å². The summed E-state index contributed by atoms with van der Waals surface area (Å²) in [7, 11) is 0. The van der Waals surface area contributed by atoms with E-state index in [2.05, 4.69) is 57.0 Å². The zero-order chi connectivity index (χ0) is 20.0. The summed E-state index contributed by atoms with van der Waals surface area (Å²) < 4.78 is 0. The molecule has 2 aromatic heterocycles. The predicted octanol–water partition coefficient (Wildman–Crippen LogP) is 4.36. The van der Waals surface area contributed by atoms with E-state index in [4.69, 9.17) is 17.3 Å². The van der Waals surface area contributed by atoms with Gasteiger partial charge in [-0.3, -0.25) is 5.10 Å². The summed E-state index contributed by atoms with van der Waals surface area (Å²) in [6, 6.07) is 14.5. The van der Waals surface area contributed by atoms with Crippen molar-refractivity contribution in [2.75, 3.05) is 18.0 Å². The maximum atomic E-state index is 6.71. The number of fused-ring (bicyclic) bond motifs is 1. The molecular weight excluding hydrogens is 382 g/mol. The smallest absolute Gasteiger partial charge is 0.132 e. The van der Waals surface area contributed by atoms with Crippen molar-refractivity contribution in [3.8, 4) is 0 Å². The van der Waals surface area contributed by atoms with Gasteiger partial charge < -0.3 is 10.6 Å². The zero-order valence-electron chi connectivity index (χ0n) is 16.2. The Kier molecular flexibility index (Phi) is 4.45. The molecule has 1 saturated heterocycles. The molecule has 0 unspecified atom stereocenters. The number of hydrogen-bond acceptors (Lipinski definition) is 4. The molecule has 1 spiro atoms. The normalized spacial score (nSPS) is 20.1.